The van der Waals surface area contributed by atoms with Crippen molar-refractivity contribution in [1.82, 2.24) is 10.2 Å². The van der Waals surface area contributed by atoms with Crippen LogP contribution in [-0.4, -0.2) is 42.1 Å². The summed E-state index contributed by atoms with van der Waals surface area (Å²) < 4.78 is 13.6. The highest BCUT2D eigenvalue weighted by Crippen LogP contribution is 2.19. The van der Waals surface area contributed by atoms with Crippen molar-refractivity contribution in [2.75, 3.05) is 25.4 Å². The van der Waals surface area contributed by atoms with Crippen molar-refractivity contribution in [3.05, 3.63) is 71.5 Å². The van der Waals surface area contributed by atoms with E-state index in [2.05, 4.69) is 5.32 Å². The first-order valence-electron chi connectivity index (χ1n) is 10.5. The first kappa shape index (κ1) is 22.3. The van der Waals surface area contributed by atoms with E-state index in [0.717, 1.165) is 12.2 Å². The van der Waals surface area contributed by atoms with E-state index in [0.29, 0.717) is 50.2 Å². The average Bonchev–Trinajstić information content (AvgIpc) is 2.79. The van der Waals surface area contributed by atoms with E-state index in [-0.39, 0.29) is 23.5 Å². The largest absolute Gasteiger partial charge is 0.355 e. The maximum atomic E-state index is 13.6. The molecular formula is C24H29FN2O2S. The third-order valence-corrected chi connectivity index (χ3v) is 6.46. The lowest BCUT2D eigenvalue weighted by Crippen LogP contribution is -2.43. The van der Waals surface area contributed by atoms with E-state index in [9.17, 15) is 14.0 Å². The number of nitrogens with one attached hydrogen (secondary N) is 1. The molecule has 6 heteroatoms. The molecule has 0 radical (unpaired) electrons. The van der Waals surface area contributed by atoms with Crippen LogP contribution in [0.25, 0.3) is 0 Å². The van der Waals surface area contributed by atoms with Crippen molar-refractivity contribution in [1.29, 1.82) is 0 Å². The molecule has 30 heavy (non-hydrogen) atoms. The summed E-state index contributed by atoms with van der Waals surface area (Å²) in [6.45, 7) is 1.87. The van der Waals surface area contributed by atoms with Gasteiger partial charge < -0.3 is 10.2 Å². The van der Waals surface area contributed by atoms with E-state index < -0.39 is 0 Å². The fourth-order valence-electron chi connectivity index (χ4n) is 3.63. The molecule has 0 saturated carbocycles. The van der Waals surface area contributed by atoms with Crippen LogP contribution in [-0.2, 0) is 21.8 Å². The average molecular weight is 429 g/mol. The number of amides is 2. The number of hydrogen-bond acceptors (Lipinski definition) is 3. The standard InChI is InChI=1S/C24H29FN2O2S/c25-22-9-5-4-8-21(22)18-30-17-14-26-24(29)20-12-15-27(16-13-20)23(28)11-10-19-6-2-1-3-7-19/h1-9,20H,10-18H2,(H,26,29). The van der Waals surface area contributed by atoms with Crippen LogP contribution in [0.15, 0.2) is 54.6 Å². The van der Waals surface area contributed by atoms with Gasteiger partial charge in [0.1, 0.15) is 5.82 Å². The van der Waals surface area contributed by atoms with Crippen molar-refractivity contribution in [2.24, 2.45) is 5.92 Å². The molecule has 0 aromatic heterocycles. The summed E-state index contributed by atoms with van der Waals surface area (Å²) >= 11 is 1.61. The van der Waals surface area contributed by atoms with Gasteiger partial charge in [0.05, 0.1) is 0 Å². The van der Waals surface area contributed by atoms with E-state index in [1.54, 1.807) is 23.9 Å². The molecule has 1 fully saturated rings. The number of rotatable bonds is 9. The Morgan fingerprint density at radius 3 is 2.47 bits per heavy atom. The maximum Gasteiger partial charge on any atom is 0.223 e. The minimum absolute atomic E-state index is 0.0280. The number of carbonyl (C=O) groups is 2. The highest BCUT2D eigenvalue weighted by molar-refractivity contribution is 7.98. The van der Waals surface area contributed by atoms with Crippen LogP contribution < -0.4 is 5.32 Å². The monoisotopic (exact) mass is 428 g/mol. The molecule has 2 aromatic rings. The predicted molar refractivity (Wildman–Crippen MR) is 120 cm³/mol. The lowest BCUT2D eigenvalue weighted by Gasteiger charge is -2.31. The van der Waals surface area contributed by atoms with Gasteiger partial charge in [-0.15, -0.1) is 0 Å². The van der Waals surface area contributed by atoms with Gasteiger partial charge in [-0.2, -0.15) is 11.8 Å². The number of nitrogens with zero attached hydrogens (tertiary/aromatic N) is 1. The van der Waals surface area contributed by atoms with Crippen molar-refractivity contribution < 1.29 is 14.0 Å². The van der Waals surface area contributed by atoms with Gasteiger partial charge in [-0.25, -0.2) is 4.39 Å². The Hall–Kier alpha value is -2.34. The van der Waals surface area contributed by atoms with Crippen molar-refractivity contribution in [3.8, 4) is 0 Å². The van der Waals surface area contributed by atoms with Crippen LogP contribution in [0.5, 0.6) is 0 Å². The lowest BCUT2D eigenvalue weighted by molar-refractivity contribution is -0.135. The molecule has 1 N–H and O–H groups in total. The molecule has 4 nitrogen and oxygen atoms in total. The molecule has 3 rings (SSSR count). The van der Waals surface area contributed by atoms with Gasteiger partial charge in [-0.3, -0.25) is 9.59 Å². The molecule has 1 heterocycles. The molecule has 1 aliphatic rings. The Bertz CT molecular complexity index is 823. The number of hydrogen-bond donors (Lipinski definition) is 1. The first-order chi connectivity index (χ1) is 14.6. The number of aryl methyl sites for hydroxylation is 1. The summed E-state index contributed by atoms with van der Waals surface area (Å²) in [5.74, 6) is 1.38. The van der Waals surface area contributed by atoms with Gasteiger partial charge in [0.15, 0.2) is 0 Å². The predicted octanol–water partition coefficient (Wildman–Crippen LogP) is 4.05. The third kappa shape index (κ3) is 6.87. The molecule has 0 bridgehead atoms. The second kappa shape index (κ2) is 11.7. The molecule has 2 aromatic carbocycles. The summed E-state index contributed by atoms with van der Waals surface area (Å²) in [6.07, 6.45) is 2.70. The normalized spacial score (nSPS) is 14.5. The molecule has 1 aliphatic heterocycles. The highest BCUT2D eigenvalue weighted by Gasteiger charge is 2.26. The van der Waals surface area contributed by atoms with Gasteiger partial charge >= 0.3 is 0 Å². The Balaban J connectivity index is 1.29. The van der Waals surface area contributed by atoms with E-state index in [1.807, 2.05) is 41.3 Å². The summed E-state index contributed by atoms with van der Waals surface area (Å²) in [5.41, 5.74) is 1.87. The molecule has 1 saturated heterocycles. The Labute approximate surface area is 182 Å². The fourth-order valence-corrected chi connectivity index (χ4v) is 4.48. The number of halogens is 1. The van der Waals surface area contributed by atoms with Gasteiger partial charge in [-0.05, 0) is 36.5 Å². The number of benzene rings is 2. The summed E-state index contributed by atoms with van der Waals surface area (Å²) in [4.78, 5) is 26.7. The van der Waals surface area contributed by atoms with Crippen molar-refractivity contribution >= 4 is 23.6 Å². The molecule has 0 atom stereocenters. The number of carbonyl (C=O) groups excluding carboxylic acids is 2. The number of likely N-dealkylation sites (tertiary alicyclic amines) is 1. The van der Waals surface area contributed by atoms with E-state index in [4.69, 9.17) is 0 Å². The Morgan fingerprint density at radius 2 is 1.73 bits per heavy atom. The SMILES string of the molecule is O=C(NCCSCc1ccccc1F)C1CCN(C(=O)CCc2ccccc2)CC1. The smallest absolute Gasteiger partial charge is 0.223 e. The van der Waals surface area contributed by atoms with Gasteiger partial charge in [0.2, 0.25) is 11.8 Å². The molecule has 0 aliphatic carbocycles. The molecule has 0 spiro atoms. The zero-order chi connectivity index (χ0) is 21.2. The van der Waals surface area contributed by atoms with Gasteiger partial charge in [0.25, 0.3) is 0 Å². The van der Waals surface area contributed by atoms with Crippen LogP contribution in [0.2, 0.25) is 0 Å². The molecular weight excluding hydrogens is 399 g/mol. The highest BCUT2D eigenvalue weighted by atomic mass is 32.2. The zero-order valence-corrected chi connectivity index (χ0v) is 18.0. The summed E-state index contributed by atoms with van der Waals surface area (Å²) in [5, 5.41) is 2.99. The first-order valence-corrected chi connectivity index (χ1v) is 11.7. The molecule has 160 valence electrons. The van der Waals surface area contributed by atoms with E-state index >= 15 is 0 Å². The third-order valence-electron chi connectivity index (χ3n) is 5.45. The zero-order valence-electron chi connectivity index (χ0n) is 17.2. The fraction of sp³-hybridized carbons (Fsp3) is 0.417. The van der Waals surface area contributed by atoms with Crippen molar-refractivity contribution in [2.45, 2.75) is 31.4 Å². The summed E-state index contributed by atoms with van der Waals surface area (Å²) in [6, 6.07) is 16.8. The number of thioether (sulfide) groups is 1. The van der Waals surface area contributed by atoms with Gasteiger partial charge in [-0.1, -0.05) is 48.5 Å². The minimum atomic E-state index is -0.181. The Kier molecular flexibility index (Phi) is 8.75. The number of piperidine rings is 1. The van der Waals surface area contributed by atoms with Gasteiger partial charge in [0, 0.05) is 43.5 Å². The Morgan fingerprint density at radius 1 is 1.03 bits per heavy atom. The lowest BCUT2D eigenvalue weighted by atomic mass is 9.95. The topological polar surface area (TPSA) is 49.4 Å². The molecule has 2 amide bonds. The van der Waals surface area contributed by atoms with Crippen LogP contribution in [0.4, 0.5) is 4.39 Å². The van der Waals surface area contributed by atoms with Crippen LogP contribution >= 0.6 is 11.8 Å². The second-order valence-electron chi connectivity index (χ2n) is 7.58. The van der Waals surface area contributed by atoms with Crippen LogP contribution in [0, 0.1) is 11.7 Å². The van der Waals surface area contributed by atoms with Crippen LogP contribution in [0.3, 0.4) is 0 Å². The van der Waals surface area contributed by atoms with Crippen molar-refractivity contribution in [3.63, 3.8) is 0 Å². The van der Waals surface area contributed by atoms with Crippen LogP contribution in [0.1, 0.15) is 30.4 Å². The quantitative estimate of drug-likeness (QED) is 0.613. The second-order valence-corrected chi connectivity index (χ2v) is 8.68. The maximum absolute atomic E-state index is 13.6. The van der Waals surface area contributed by atoms with E-state index in [1.165, 1.54) is 11.6 Å². The minimum Gasteiger partial charge on any atom is -0.355 e. The summed E-state index contributed by atoms with van der Waals surface area (Å²) in [7, 11) is 0. The molecule has 0 unspecified atom stereocenters.